The van der Waals surface area contributed by atoms with Crippen molar-refractivity contribution < 1.29 is 9.90 Å². The number of carbonyl (C=O) groups is 1. The van der Waals surface area contributed by atoms with Gasteiger partial charge in [0.25, 0.3) is 0 Å². The lowest BCUT2D eigenvalue weighted by Crippen LogP contribution is -1.99. The first-order valence-electron chi connectivity index (χ1n) is 13.6. The standard InChI is InChI=1S/C38H25NO2/c40-38(41)35-12-4-3-11-30(35)28-19-20-33-31(26-15-17-27(18-16-26)37-14-5-6-23-39-37)21-22-34(36(33)24-28)32-13-7-9-25-8-1-2-10-29(25)32/h1-24H,(H,40,41). The highest BCUT2D eigenvalue weighted by Gasteiger charge is 2.16. The minimum absolute atomic E-state index is 0.292. The summed E-state index contributed by atoms with van der Waals surface area (Å²) in [5, 5.41) is 14.4. The third-order valence-electron chi connectivity index (χ3n) is 7.72. The fourth-order valence-corrected chi connectivity index (χ4v) is 5.74. The molecule has 7 rings (SSSR count). The molecule has 7 aromatic rings. The smallest absolute Gasteiger partial charge is 0.336 e. The molecule has 1 aromatic heterocycles. The van der Waals surface area contributed by atoms with Gasteiger partial charge < -0.3 is 5.11 Å². The molecule has 3 heteroatoms. The molecule has 0 bridgehead atoms. The van der Waals surface area contributed by atoms with E-state index < -0.39 is 5.97 Å². The number of benzene rings is 6. The number of pyridine rings is 1. The Bertz CT molecular complexity index is 2060. The number of aromatic carboxylic acids is 1. The maximum absolute atomic E-state index is 12.1. The van der Waals surface area contributed by atoms with Crippen LogP contribution in [-0.4, -0.2) is 16.1 Å². The summed E-state index contributed by atoms with van der Waals surface area (Å²) in [5.74, 6) is -0.934. The molecule has 1 heterocycles. The second-order valence-electron chi connectivity index (χ2n) is 10.1. The van der Waals surface area contributed by atoms with E-state index in [0.29, 0.717) is 11.1 Å². The van der Waals surface area contributed by atoms with Crippen LogP contribution in [0.25, 0.3) is 66.2 Å². The highest BCUT2D eigenvalue weighted by atomic mass is 16.4. The van der Waals surface area contributed by atoms with Crippen LogP contribution >= 0.6 is 0 Å². The molecule has 0 atom stereocenters. The quantitative estimate of drug-likeness (QED) is 0.242. The summed E-state index contributed by atoms with van der Waals surface area (Å²) in [5.41, 5.74) is 8.37. The molecule has 0 unspecified atom stereocenters. The monoisotopic (exact) mass is 527 g/mol. The number of carboxylic acids is 1. The van der Waals surface area contributed by atoms with Gasteiger partial charge in [-0.3, -0.25) is 4.98 Å². The molecule has 0 aliphatic heterocycles. The summed E-state index contributed by atoms with van der Waals surface area (Å²) in [7, 11) is 0. The van der Waals surface area contributed by atoms with Crippen LogP contribution in [0.15, 0.2) is 146 Å². The number of hydrogen-bond donors (Lipinski definition) is 1. The Hall–Kier alpha value is -5.54. The molecule has 0 aliphatic carbocycles. The van der Waals surface area contributed by atoms with Crippen LogP contribution in [0.4, 0.5) is 0 Å². The van der Waals surface area contributed by atoms with Crippen molar-refractivity contribution in [2.75, 3.05) is 0 Å². The fraction of sp³-hybridized carbons (Fsp3) is 0. The van der Waals surface area contributed by atoms with Crippen LogP contribution in [0.1, 0.15) is 10.4 Å². The van der Waals surface area contributed by atoms with Gasteiger partial charge >= 0.3 is 5.97 Å². The largest absolute Gasteiger partial charge is 0.478 e. The molecule has 0 fully saturated rings. The Morgan fingerprint density at radius 1 is 0.488 bits per heavy atom. The number of hydrogen-bond acceptors (Lipinski definition) is 2. The van der Waals surface area contributed by atoms with E-state index in [0.717, 1.165) is 49.8 Å². The molecule has 0 aliphatic rings. The molecule has 194 valence electrons. The number of nitrogens with zero attached hydrogens (tertiary/aromatic N) is 1. The maximum Gasteiger partial charge on any atom is 0.336 e. The zero-order chi connectivity index (χ0) is 27.8. The van der Waals surface area contributed by atoms with Crippen molar-refractivity contribution in [1.82, 2.24) is 4.98 Å². The van der Waals surface area contributed by atoms with Gasteiger partial charge in [-0.2, -0.15) is 0 Å². The normalized spacial score (nSPS) is 11.1. The van der Waals surface area contributed by atoms with Gasteiger partial charge in [-0.25, -0.2) is 4.79 Å². The Morgan fingerprint density at radius 3 is 1.98 bits per heavy atom. The van der Waals surface area contributed by atoms with E-state index in [1.807, 2.05) is 42.6 Å². The number of fused-ring (bicyclic) bond motifs is 2. The van der Waals surface area contributed by atoms with E-state index in [4.69, 9.17) is 0 Å². The van der Waals surface area contributed by atoms with Gasteiger partial charge in [-0.1, -0.05) is 115 Å². The summed E-state index contributed by atoms with van der Waals surface area (Å²) in [6, 6.07) is 47.1. The molecular weight excluding hydrogens is 502 g/mol. The van der Waals surface area contributed by atoms with Gasteiger partial charge in [-0.15, -0.1) is 0 Å². The summed E-state index contributed by atoms with van der Waals surface area (Å²) in [6.07, 6.45) is 1.81. The van der Waals surface area contributed by atoms with Gasteiger partial charge in [0.05, 0.1) is 11.3 Å². The third-order valence-corrected chi connectivity index (χ3v) is 7.72. The Morgan fingerprint density at radius 2 is 1.15 bits per heavy atom. The fourth-order valence-electron chi connectivity index (χ4n) is 5.74. The zero-order valence-electron chi connectivity index (χ0n) is 22.2. The van der Waals surface area contributed by atoms with Crippen LogP contribution in [0.5, 0.6) is 0 Å². The SMILES string of the molecule is O=C(O)c1ccccc1-c1ccc2c(-c3ccc(-c4ccccn4)cc3)ccc(-c3cccc4ccccc34)c2c1. The van der Waals surface area contributed by atoms with Crippen molar-refractivity contribution in [2.24, 2.45) is 0 Å². The van der Waals surface area contributed by atoms with Crippen molar-refractivity contribution in [3.63, 3.8) is 0 Å². The first-order chi connectivity index (χ1) is 20.2. The molecule has 3 nitrogen and oxygen atoms in total. The average molecular weight is 528 g/mol. The van der Waals surface area contributed by atoms with Crippen LogP contribution in [-0.2, 0) is 0 Å². The topological polar surface area (TPSA) is 50.2 Å². The molecule has 0 saturated heterocycles. The van der Waals surface area contributed by atoms with Crippen LogP contribution in [0, 0.1) is 0 Å². The number of aromatic nitrogens is 1. The van der Waals surface area contributed by atoms with Crippen molar-refractivity contribution in [3.05, 3.63) is 151 Å². The highest BCUT2D eigenvalue weighted by Crippen LogP contribution is 2.40. The van der Waals surface area contributed by atoms with Crippen molar-refractivity contribution >= 4 is 27.5 Å². The van der Waals surface area contributed by atoms with E-state index in [1.165, 1.54) is 10.8 Å². The summed E-state index contributed by atoms with van der Waals surface area (Å²) >= 11 is 0. The summed E-state index contributed by atoms with van der Waals surface area (Å²) in [6.45, 7) is 0. The van der Waals surface area contributed by atoms with E-state index >= 15 is 0 Å². The average Bonchev–Trinajstić information content (AvgIpc) is 3.04. The molecular formula is C38H25NO2. The number of carboxylic acid groups (broad SMARTS) is 1. The van der Waals surface area contributed by atoms with Crippen molar-refractivity contribution in [1.29, 1.82) is 0 Å². The van der Waals surface area contributed by atoms with E-state index in [2.05, 4.69) is 96.0 Å². The van der Waals surface area contributed by atoms with Crippen molar-refractivity contribution in [3.8, 4) is 44.6 Å². The van der Waals surface area contributed by atoms with Crippen LogP contribution in [0.2, 0.25) is 0 Å². The second-order valence-corrected chi connectivity index (χ2v) is 10.1. The Balaban J connectivity index is 1.46. The molecule has 0 saturated carbocycles. The van der Waals surface area contributed by atoms with Gasteiger partial charge in [-0.05, 0) is 79.2 Å². The lowest BCUT2D eigenvalue weighted by Gasteiger charge is -2.16. The van der Waals surface area contributed by atoms with Crippen molar-refractivity contribution in [2.45, 2.75) is 0 Å². The second kappa shape index (κ2) is 10.2. The third kappa shape index (κ3) is 4.44. The van der Waals surface area contributed by atoms with E-state index in [-0.39, 0.29) is 0 Å². The summed E-state index contributed by atoms with van der Waals surface area (Å²) in [4.78, 5) is 16.5. The predicted molar refractivity (Wildman–Crippen MR) is 168 cm³/mol. The first kappa shape index (κ1) is 24.5. The molecule has 0 radical (unpaired) electrons. The molecule has 0 amide bonds. The lowest BCUT2D eigenvalue weighted by molar-refractivity contribution is 0.0697. The minimum atomic E-state index is -0.934. The lowest BCUT2D eigenvalue weighted by atomic mass is 9.88. The minimum Gasteiger partial charge on any atom is -0.478 e. The Labute approximate surface area is 238 Å². The van der Waals surface area contributed by atoms with Gasteiger partial charge in [0.1, 0.15) is 0 Å². The number of rotatable bonds is 5. The Kier molecular flexibility index (Phi) is 6.10. The molecule has 1 N–H and O–H groups in total. The molecule has 0 spiro atoms. The van der Waals surface area contributed by atoms with Gasteiger partial charge in [0, 0.05) is 11.8 Å². The molecule has 41 heavy (non-hydrogen) atoms. The maximum atomic E-state index is 12.1. The van der Waals surface area contributed by atoms with Crippen LogP contribution < -0.4 is 0 Å². The molecule has 6 aromatic carbocycles. The van der Waals surface area contributed by atoms with E-state index in [1.54, 1.807) is 12.1 Å². The van der Waals surface area contributed by atoms with Gasteiger partial charge in [0.2, 0.25) is 0 Å². The predicted octanol–water partition coefficient (Wildman–Crippen LogP) is 9.75. The van der Waals surface area contributed by atoms with Crippen LogP contribution in [0.3, 0.4) is 0 Å². The first-order valence-corrected chi connectivity index (χ1v) is 13.6. The van der Waals surface area contributed by atoms with Gasteiger partial charge in [0.15, 0.2) is 0 Å². The van der Waals surface area contributed by atoms with E-state index in [9.17, 15) is 9.90 Å². The highest BCUT2D eigenvalue weighted by molar-refractivity contribution is 6.11. The summed E-state index contributed by atoms with van der Waals surface area (Å²) < 4.78 is 0. The zero-order valence-corrected chi connectivity index (χ0v) is 22.2.